The topological polar surface area (TPSA) is 93.9 Å². The fraction of sp³-hybridized carbons (Fsp3) is 0.381. The molecule has 2 aromatic carbocycles. The molecule has 1 amide bonds. The highest BCUT2D eigenvalue weighted by atomic mass is 16.6. The normalized spacial score (nSPS) is 14.4. The third-order valence-corrected chi connectivity index (χ3v) is 5.22. The molecule has 8 nitrogen and oxygen atoms in total. The zero-order valence-corrected chi connectivity index (χ0v) is 16.8. The molecule has 1 heterocycles. The number of amides is 1. The summed E-state index contributed by atoms with van der Waals surface area (Å²) in [6.45, 7) is 3.83. The van der Waals surface area contributed by atoms with Gasteiger partial charge in [-0.15, -0.1) is 0 Å². The van der Waals surface area contributed by atoms with Crippen molar-refractivity contribution in [1.29, 1.82) is 0 Å². The molecule has 1 aliphatic rings. The molecule has 0 aliphatic carbocycles. The Kier molecular flexibility index (Phi) is 6.21. The van der Waals surface area contributed by atoms with Gasteiger partial charge in [-0.25, -0.2) is 0 Å². The smallest absolute Gasteiger partial charge is 0.270 e. The van der Waals surface area contributed by atoms with Crippen molar-refractivity contribution in [2.75, 3.05) is 37.5 Å². The molecule has 0 saturated carbocycles. The van der Waals surface area contributed by atoms with Crippen LogP contribution in [0.25, 0.3) is 0 Å². The first-order valence-corrected chi connectivity index (χ1v) is 9.49. The third-order valence-electron chi connectivity index (χ3n) is 5.22. The second-order valence-corrected chi connectivity index (χ2v) is 7.15. The Labute approximate surface area is 169 Å². The molecular formula is C21H25N3O5. The summed E-state index contributed by atoms with van der Waals surface area (Å²) in [4.78, 5) is 26.0. The van der Waals surface area contributed by atoms with E-state index in [4.69, 9.17) is 9.47 Å². The highest BCUT2D eigenvalue weighted by Gasteiger charge is 2.24. The van der Waals surface area contributed by atoms with Gasteiger partial charge in [0.2, 0.25) is 0 Å². The molecule has 0 aromatic heterocycles. The summed E-state index contributed by atoms with van der Waals surface area (Å²) in [6.07, 6.45) is 2.04. The first kappa shape index (κ1) is 20.4. The van der Waals surface area contributed by atoms with Crippen LogP contribution >= 0.6 is 0 Å². The predicted octanol–water partition coefficient (Wildman–Crippen LogP) is 4.10. The van der Waals surface area contributed by atoms with Gasteiger partial charge in [0.05, 0.1) is 36.1 Å². The minimum Gasteiger partial charge on any atom is -0.497 e. The molecule has 0 spiro atoms. The quantitative estimate of drug-likeness (QED) is 0.581. The van der Waals surface area contributed by atoms with E-state index >= 15 is 0 Å². The Morgan fingerprint density at radius 2 is 1.86 bits per heavy atom. The number of carbonyl (C=O) groups excluding carboxylic acids is 1. The molecule has 8 heteroatoms. The van der Waals surface area contributed by atoms with Crippen LogP contribution in [0, 0.1) is 16.0 Å². The van der Waals surface area contributed by atoms with Gasteiger partial charge in [-0.2, -0.15) is 0 Å². The standard InChI is InChI=1S/C21H25N3O5/c1-14-8-10-23(11-9-14)19-7-4-15(24(26)27)12-17(19)21(25)22-18-6-5-16(28-2)13-20(18)29-3/h4-7,12-14H,8-11H2,1-3H3,(H,22,25). The molecule has 2 aromatic rings. The minimum atomic E-state index is -0.493. The van der Waals surface area contributed by atoms with Crippen molar-refractivity contribution in [3.8, 4) is 11.5 Å². The van der Waals surface area contributed by atoms with E-state index in [0.717, 1.165) is 25.9 Å². The Morgan fingerprint density at radius 1 is 1.14 bits per heavy atom. The number of nitro benzene ring substituents is 1. The Bertz CT molecular complexity index is 907. The van der Waals surface area contributed by atoms with Crippen molar-refractivity contribution in [3.63, 3.8) is 0 Å². The number of carbonyl (C=O) groups is 1. The zero-order chi connectivity index (χ0) is 21.0. The van der Waals surface area contributed by atoms with E-state index in [2.05, 4.69) is 17.1 Å². The monoisotopic (exact) mass is 399 g/mol. The summed E-state index contributed by atoms with van der Waals surface area (Å²) in [5.41, 5.74) is 1.31. The van der Waals surface area contributed by atoms with Crippen molar-refractivity contribution in [2.24, 2.45) is 5.92 Å². The van der Waals surface area contributed by atoms with Crippen LogP contribution < -0.4 is 19.7 Å². The molecule has 1 saturated heterocycles. The number of ether oxygens (including phenoxy) is 2. The molecule has 154 valence electrons. The second-order valence-electron chi connectivity index (χ2n) is 7.15. The lowest BCUT2D eigenvalue weighted by Crippen LogP contribution is -2.34. The Morgan fingerprint density at radius 3 is 2.48 bits per heavy atom. The van der Waals surface area contributed by atoms with E-state index in [0.29, 0.717) is 28.8 Å². The number of piperidine rings is 1. The van der Waals surface area contributed by atoms with Crippen LogP contribution in [-0.4, -0.2) is 38.1 Å². The van der Waals surface area contributed by atoms with Crippen LogP contribution in [0.1, 0.15) is 30.1 Å². The van der Waals surface area contributed by atoms with E-state index in [1.165, 1.54) is 19.2 Å². The maximum absolute atomic E-state index is 13.1. The molecule has 1 aliphatic heterocycles. The van der Waals surface area contributed by atoms with Gasteiger partial charge >= 0.3 is 0 Å². The summed E-state index contributed by atoms with van der Waals surface area (Å²) in [5, 5.41) is 14.1. The van der Waals surface area contributed by atoms with E-state index in [9.17, 15) is 14.9 Å². The lowest BCUT2D eigenvalue weighted by Gasteiger charge is -2.33. The number of non-ortho nitro benzene ring substituents is 1. The Balaban J connectivity index is 1.94. The molecule has 0 radical (unpaired) electrons. The van der Waals surface area contributed by atoms with Gasteiger partial charge < -0.3 is 19.7 Å². The van der Waals surface area contributed by atoms with Crippen LogP contribution in [-0.2, 0) is 0 Å². The highest BCUT2D eigenvalue weighted by molar-refractivity contribution is 6.09. The van der Waals surface area contributed by atoms with Gasteiger partial charge in [-0.3, -0.25) is 14.9 Å². The van der Waals surface area contributed by atoms with Crippen molar-refractivity contribution in [2.45, 2.75) is 19.8 Å². The highest BCUT2D eigenvalue weighted by Crippen LogP contribution is 2.32. The number of hydrogen-bond donors (Lipinski definition) is 1. The number of benzene rings is 2. The van der Waals surface area contributed by atoms with Crippen molar-refractivity contribution >= 4 is 23.0 Å². The number of rotatable bonds is 6. The van der Waals surface area contributed by atoms with Crippen LogP contribution in [0.15, 0.2) is 36.4 Å². The fourth-order valence-electron chi connectivity index (χ4n) is 3.44. The van der Waals surface area contributed by atoms with Crippen LogP contribution in [0.3, 0.4) is 0 Å². The van der Waals surface area contributed by atoms with Crippen LogP contribution in [0.2, 0.25) is 0 Å². The molecular weight excluding hydrogens is 374 g/mol. The maximum Gasteiger partial charge on any atom is 0.270 e. The van der Waals surface area contributed by atoms with Gasteiger partial charge in [-0.1, -0.05) is 6.92 Å². The molecule has 1 fully saturated rings. The first-order chi connectivity index (χ1) is 13.9. The van der Waals surface area contributed by atoms with Gasteiger partial charge in [0.25, 0.3) is 11.6 Å². The number of nitrogens with zero attached hydrogens (tertiary/aromatic N) is 2. The third kappa shape index (κ3) is 4.59. The van der Waals surface area contributed by atoms with Crippen LogP contribution in [0.5, 0.6) is 11.5 Å². The van der Waals surface area contributed by atoms with Crippen molar-refractivity contribution in [3.05, 3.63) is 52.1 Å². The summed E-state index contributed by atoms with van der Waals surface area (Å²) in [5.74, 6) is 1.24. The summed E-state index contributed by atoms with van der Waals surface area (Å²) in [7, 11) is 3.04. The summed E-state index contributed by atoms with van der Waals surface area (Å²) in [6, 6.07) is 9.48. The van der Waals surface area contributed by atoms with E-state index in [1.54, 1.807) is 31.4 Å². The second kappa shape index (κ2) is 8.81. The summed E-state index contributed by atoms with van der Waals surface area (Å²) < 4.78 is 10.5. The van der Waals surface area contributed by atoms with E-state index < -0.39 is 10.8 Å². The predicted molar refractivity (Wildman–Crippen MR) is 111 cm³/mol. The molecule has 0 unspecified atom stereocenters. The SMILES string of the molecule is COc1ccc(NC(=O)c2cc([N+](=O)[O-])ccc2N2CCC(C)CC2)c(OC)c1. The largest absolute Gasteiger partial charge is 0.497 e. The van der Waals surface area contributed by atoms with Gasteiger partial charge in [0, 0.05) is 31.3 Å². The number of nitrogens with one attached hydrogen (secondary N) is 1. The number of hydrogen-bond acceptors (Lipinski definition) is 6. The molecule has 1 N–H and O–H groups in total. The van der Waals surface area contributed by atoms with E-state index in [-0.39, 0.29) is 11.3 Å². The van der Waals surface area contributed by atoms with Crippen LogP contribution in [0.4, 0.5) is 17.1 Å². The molecule has 3 rings (SSSR count). The van der Waals surface area contributed by atoms with Crippen molar-refractivity contribution < 1.29 is 19.2 Å². The number of methoxy groups -OCH3 is 2. The average Bonchev–Trinajstić information content (AvgIpc) is 2.74. The molecule has 0 bridgehead atoms. The summed E-state index contributed by atoms with van der Waals surface area (Å²) >= 11 is 0. The zero-order valence-electron chi connectivity index (χ0n) is 16.8. The van der Waals surface area contributed by atoms with Crippen molar-refractivity contribution in [1.82, 2.24) is 0 Å². The van der Waals surface area contributed by atoms with Gasteiger partial charge in [-0.05, 0) is 37.0 Å². The molecule has 29 heavy (non-hydrogen) atoms. The number of nitro groups is 1. The maximum atomic E-state index is 13.1. The fourth-order valence-corrected chi connectivity index (χ4v) is 3.44. The number of anilines is 2. The van der Waals surface area contributed by atoms with E-state index in [1.807, 2.05) is 0 Å². The minimum absolute atomic E-state index is 0.119. The Hall–Kier alpha value is -3.29. The van der Waals surface area contributed by atoms with Gasteiger partial charge in [0.1, 0.15) is 11.5 Å². The lowest BCUT2D eigenvalue weighted by molar-refractivity contribution is -0.384. The molecule has 0 atom stereocenters. The van der Waals surface area contributed by atoms with Gasteiger partial charge in [0.15, 0.2) is 0 Å². The average molecular weight is 399 g/mol. The first-order valence-electron chi connectivity index (χ1n) is 9.49. The lowest BCUT2D eigenvalue weighted by atomic mass is 9.98.